The Balaban J connectivity index is 2.45. The largest absolute Gasteiger partial charge is 0.330 e. The summed E-state index contributed by atoms with van der Waals surface area (Å²) in [5.74, 6) is 0. The van der Waals surface area contributed by atoms with Gasteiger partial charge >= 0.3 is 0 Å². The van der Waals surface area contributed by atoms with Crippen molar-refractivity contribution >= 4 is 10.0 Å². The van der Waals surface area contributed by atoms with Gasteiger partial charge in [-0.25, -0.2) is 12.4 Å². The van der Waals surface area contributed by atoms with E-state index >= 15 is 0 Å². The second-order valence-electron chi connectivity index (χ2n) is 4.16. The number of aromatic nitrogens is 1. The molecule has 2 N–H and O–H groups in total. The van der Waals surface area contributed by atoms with E-state index in [0.717, 1.165) is 11.1 Å². The summed E-state index contributed by atoms with van der Waals surface area (Å²) in [5.41, 5.74) is 7.12. The fourth-order valence-corrected chi connectivity index (χ4v) is 3.29. The smallest absolute Gasteiger partial charge is 0.267 e. The molecule has 0 unspecified atom stereocenters. The van der Waals surface area contributed by atoms with Crippen LogP contribution in [0.3, 0.4) is 0 Å². The Morgan fingerprint density at radius 3 is 2.61 bits per heavy atom. The van der Waals surface area contributed by atoms with E-state index in [1.807, 2.05) is 6.07 Å². The highest BCUT2D eigenvalue weighted by molar-refractivity contribution is 7.90. The normalized spacial score (nSPS) is 11.7. The Hall–Kier alpha value is -1.59. The average molecular weight is 264 g/mol. The van der Waals surface area contributed by atoms with Gasteiger partial charge in [0.15, 0.2) is 0 Å². The first kappa shape index (κ1) is 12.9. The first-order chi connectivity index (χ1) is 8.55. The number of nitrogens with zero attached hydrogens (tertiary/aromatic N) is 1. The molecule has 0 bridgehead atoms. The lowest BCUT2D eigenvalue weighted by atomic mass is 10.2. The van der Waals surface area contributed by atoms with Gasteiger partial charge in [0.05, 0.1) is 4.90 Å². The van der Waals surface area contributed by atoms with E-state index < -0.39 is 10.0 Å². The third-order valence-electron chi connectivity index (χ3n) is 2.81. The van der Waals surface area contributed by atoms with E-state index in [9.17, 15) is 8.42 Å². The van der Waals surface area contributed by atoms with Gasteiger partial charge in [-0.15, -0.1) is 0 Å². The van der Waals surface area contributed by atoms with Crippen LogP contribution < -0.4 is 5.73 Å². The SMILES string of the molecule is Cc1ccccc1S(=O)(=O)n1ccc(CCN)c1. The van der Waals surface area contributed by atoms with Crippen LogP contribution in [0.4, 0.5) is 0 Å². The first-order valence-corrected chi connectivity index (χ1v) is 7.18. The number of hydrogen-bond donors (Lipinski definition) is 1. The van der Waals surface area contributed by atoms with Crippen LogP contribution in [0.25, 0.3) is 0 Å². The molecule has 4 nitrogen and oxygen atoms in total. The van der Waals surface area contributed by atoms with E-state index in [4.69, 9.17) is 5.73 Å². The molecule has 96 valence electrons. The van der Waals surface area contributed by atoms with Crippen LogP contribution in [-0.4, -0.2) is 18.9 Å². The lowest BCUT2D eigenvalue weighted by Crippen LogP contribution is -2.12. The van der Waals surface area contributed by atoms with Crippen molar-refractivity contribution in [1.29, 1.82) is 0 Å². The minimum Gasteiger partial charge on any atom is -0.330 e. The van der Waals surface area contributed by atoms with Gasteiger partial charge in [-0.05, 0) is 43.1 Å². The van der Waals surface area contributed by atoms with E-state index in [1.165, 1.54) is 3.97 Å². The molecule has 2 aromatic rings. The van der Waals surface area contributed by atoms with Crippen LogP contribution >= 0.6 is 0 Å². The van der Waals surface area contributed by atoms with Crippen LogP contribution in [0.1, 0.15) is 11.1 Å². The molecular formula is C13H16N2O2S. The summed E-state index contributed by atoms with van der Waals surface area (Å²) in [6, 6.07) is 8.74. The molecular weight excluding hydrogens is 248 g/mol. The standard InChI is InChI=1S/C13H16N2O2S/c1-11-4-2-3-5-13(11)18(16,17)15-9-7-12(10-15)6-8-14/h2-5,7,9-10H,6,8,14H2,1H3. The molecule has 0 aliphatic carbocycles. The van der Waals surface area contributed by atoms with Crippen LogP contribution in [0.2, 0.25) is 0 Å². The molecule has 0 aliphatic heterocycles. The van der Waals surface area contributed by atoms with Gasteiger partial charge < -0.3 is 5.73 Å². The third-order valence-corrected chi connectivity index (χ3v) is 4.61. The maximum Gasteiger partial charge on any atom is 0.267 e. The van der Waals surface area contributed by atoms with Gasteiger partial charge in [0, 0.05) is 12.4 Å². The molecule has 0 spiro atoms. The highest BCUT2D eigenvalue weighted by Gasteiger charge is 2.18. The van der Waals surface area contributed by atoms with Crippen LogP contribution in [-0.2, 0) is 16.4 Å². The second kappa shape index (κ2) is 4.96. The van der Waals surface area contributed by atoms with E-state index in [-0.39, 0.29) is 0 Å². The number of nitrogens with two attached hydrogens (primary N) is 1. The zero-order valence-corrected chi connectivity index (χ0v) is 11.0. The molecule has 5 heteroatoms. The molecule has 0 amide bonds. The van der Waals surface area contributed by atoms with E-state index in [2.05, 4.69) is 0 Å². The van der Waals surface area contributed by atoms with Crippen LogP contribution in [0, 0.1) is 6.92 Å². The Bertz CT molecular complexity index is 645. The quantitative estimate of drug-likeness (QED) is 0.911. The first-order valence-electron chi connectivity index (χ1n) is 5.74. The molecule has 0 atom stereocenters. The number of rotatable bonds is 4. The van der Waals surface area contributed by atoms with Gasteiger partial charge in [-0.1, -0.05) is 18.2 Å². The summed E-state index contributed by atoms with van der Waals surface area (Å²) < 4.78 is 26.1. The van der Waals surface area contributed by atoms with Crippen molar-refractivity contribution in [3.63, 3.8) is 0 Å². The summed E-state index contributed by atoms with van der Waals surface area (Å²) >= 11 is 0. The van der Waals surface area contributed by atoms with Crippen molar-refractivity contribution in [3.8, 4) is 0 Å². The summed E-state index contributed by atoms with van der Waals surface area (Å²) in [4.78, 5) is 0.333. The summed E-state index contributed by atoms with van der Waals surface area (Å²) in [6.45, 7) is 2.30. The molecule has 18 heavy (non-hydrogen) atoms. The fraction of sp³-hybridized carbons (Fsp3) is 0.231. The van der Waals surface area contributed by atoms with Crippen molar-refractivity contribution in [1.82, 2.24) is 3.97 Å². The molecule has 0 saturated heterocycles. The van der Waals surface area contributed by atoms with Crippen molar-refractivity contribution in [2.45, 2.75) is 18.2 Å². The molecule has 0 fully saturated rings. The zero-order chi connectivity index (χ0) is 13.2. The number of benzene rings is 1. The predicted octanol–water partition coefficient (Wildman–Crippen LogP) is 1.53. The van der Waals surface area contributed by atoms with Crippen molar-refractivity contribution in [3.05, 3.63) is 53.9 Å². The topological polar surface area (TPSA) is 65.1 Å². The Labute approximate surface area is 107 Å². The Morgan fingerprint density at radius 2 is 1.94 bits per heavy atom. The van der Waals surface area contributed by atoms with E-state index in [0.29, 0.717) is 17.9 Å². The zero-order valence-electron chi connectivity index (χ0n) is 10.2. The van der Waals surface area contributed by atoms with Crippen molar-refractivity contribution in [2.24, 2.45) is 5.73 Å². The van der Waals surface area contributed by atoms with Crippen LogP contribution in [0.5, 0.6) is 0 Å². The van der Waals surface area contributed by atoms with Crippen LogP contribution in [0.15, 0.2) is 47.6 Å². The number of hydrogen-bond acceptors (Lipinski definition) is 3. The van der Waals surface area contributed by atoms with Gasteiger partial charge in [-0.2, -0.15) is 0 Å². The summed E-state index contributed by atoms with van der Waals surface area (Å²) in [7, 11) is -3.49. The fourth-order valence-electron chi connectivity index (χ4n) is 1.84. The van der Waals surface area contributed by atoms with Gasteiger partial charge in [-0.3, -0.25) is 0 Å². The Morgan fingerprint density at radius 1 is 1.22 bits per heavy atom. The number of aryl methyl sites for hydroxylation is 1. The van der Waals surface area contributed by atoms with Crippen molar-refractivity contribution in [2.75, 3.05) is 6.54 Å². The monoisotopic (exact) mass is 264 g/mol. The Kier molecular flexibility index (Phi) is 3.54. The van der Waals surface area contributed by atoms with E-state index in [1.54, 1.807) is 43.6 Å². The lowest BCUT2D eigenvalue weighted by molar-refractivity contribution is 0.587. The molecule has 1 aromatic carbocycles. The highest BCUT2D eigenvalue weighted by Crippen LogP contribution is 2.18. The second-order valence-corrected chi connectivity index (χ2v) is 5.97. The highest BCUT2D eigenvalue weighted by atomic mass is 32.2. The maximum atomic E-state index is 12.4. The predicted molar refractivity (Wildman–Crippen MR) is 71.0 cm³/mol. The minimum absolute atomic E-state index is 0.333. The molecule has 1 aromatic heterocycles. The van der Waals surface area contributed by atoms with Crippen molar-refractivity contribution < 1.29 is 8.42 Å². The van der Waals surface area contributed by atoms with Gasteiger partial charge in [0.2, 0.25) is 0 Å². The summed E-state index contributed by atoms with van der Waals surface area (Å²) in [5, 5.41) is 0. The maximum absolute atomic E-state index is 12.4. The minimum atomic E-state index is -3.49. The lowest BCUT2D eigenvalue weighted by Gasteiger charge is -2.08. The molecule has 1 heterocycles. The third kappa shape index (κ3) is 2.32. The molecule has 2 rings (SSSR count). The average Bonchev–Trinajstić information content (AvgIpc) is 2.79. The van der Waals surface area contributed by atoms with Gasteiger partial charge in [0.25, 0.3) is 10.0 Å². The summed E-state index contributed by atoms with van der Waals surface area (Å²) in [6.07, 6.45) is 3.86. The molecule has 0 aliphatic rings. The molecule has 0 saturated carbocycles. The van der Waals surface area contributed by atoms with Gasteiger partial charge in [0.1, 0.15) is 0 Å². The molecule has 0 radical (unpaired) electrons.